The smallest absolute Gasteiger partial charge is 0.199 e. The number of rotatable bonds is 2. The molecule has 2 aromatic rings. The lowest BCUT2D eigenvalue weighted by Gasteiger charge is -2.36. The number of piperidine rings is 1. The number of nitrogens with one attached hydrogen (secondary N) is 1. The Balaban J connectivity index is 1.66. The van der Waals surface area contributed by atoms with E-state index in [-0.39, 0.29) is 0 Å². The first-order valence-corrected chi connectivity index (χ1v) is 6.82. The SMILES string of the molecule is CN(c1cncc2nnnn12)C1CC2CCC(C1)N2. The minimum Gasteiger partial charge on any atom is -0.355 e. The van der Waals surface area contributed by atoms with E-state index in [1.54, 1.807) is 10.7 Å². The normalized spacial score (nSPS) is 29.8. The number of nitrogens with zero attached hydrogens (tertiary/aromatic N) is 6. The lowest BCUT2D eigenvalue weighted by molar-refractivity contribution is 0.353. The molecule has 4 rings (SSSR count). The molecule has 0 spiro atoms. The van der Waals surface area contributed by atoms with E-state index >= 15 is 0 Å². The standard InChI is InChI=1S/C12H17N7/c1-18(10-4-8-2-3-9(5-10)14-8)12-7-13-6-11-15-16-17-19(11)12/h6-10,14H,2-5H2,1H3. The number of anilines is 1. The van der Waals surface area contributed by atoms with Gasteiger partial charge in [0.1, 0.15) is 0 Å². The fraction of sp³-hybridized carbons (Fsp3) is 0.667. The molecule has 0 saturated carbocycles. The number of hydrogen-bond donors (Lipinski definition) is 1. The zero-order valence-corrected chi connectivity index (χ0v) is 10.9. The summed E-state index contributed by atoms with van der Waals surface area (Å²) < 4.78 is 1.76. The van der Waals surface area contributed by atoms with Crippen LogP contribution in [0, 0.1) is 0 Å². The maximum Gasteiger partial charge on any atom is 0.199 e. The Labute approximate surface area is 111 Å². The minimum absolute atomic E-state index is 0.537. The lowest BCUT2D eigenvalue weighted by atomic mass is 9.99. The second-order valence-electron chi connectivity index (χ2n) is 5.59. The van der Waals surface area contributed by atoms with Crippen LogP contribution in [0.25, 0.3) is 5.65 Å². The lowest BCUT2D eigenvalue weighted by Crippen LogP contribution is -2.47. The molecule has 2 aromatic heterocycles. The van der Waals surface area contributed by atoms with Crippen molar-refractivity contribution in [3.05, 3.63) is 12.4 Å². The van der Waals surface area contributed by atoms with Crippen LogP contribution in [0.4, 0.5) is 5.82 Å². The Hall–Kier alpha value is -1.76. The van der Waals surface area contributed by atoms with E-state index in [4.69, 9.17) is 0 Å². The molecule has 2 atom stereocenters. The summed E-state index contributed by atoms with van der Waals surface area (Å²) in [5.74, 6) is 0.966. The summed E-state index contributed by atoms with van der Waals surface area (Å²) in [6, 6.07) is 1.88. The highest BCUT2D eigenvalue weighted by atomic mass is 15.5. The minimum atomic E-state index is 0.537. The van der Waals surface area contributed by atoms with Crippen LogP contribution in [-0.4, -0.2) is 50.2 Å². The summed E-state index contributed by atoms with van der Waals surface area (Å²) in [6.07, 6.45) is 8.51. The van der Waals surface area contributed by atoms with E-state index in [2.05, 4.69) is 37.8 Å². The Morgan fingerprint density at radius 2 is 2.05 bits per heavy atom. The fourth-order valence-corrected chi connectivity index (χ4v) is 3.43. The van der Waals surface area contributed by atoms with E-state index in [1.165, 1.54) is 25.7 Å². The summed E-state index contributed by atoms with van der Waals surface area (Å²) in [4.78, 5) is 6.51. The van der Waals surface area contributed by atoms with Crippen LogP contribution in [0.1, 0.15) is 25.7 Å². The van der Waals surface area contributed by atoms with Gasteiger partial charge in [-0.15, -0.1) is 5.10 Å². The van der Waals surface area contributed by atoms with Crippen LogP contribution in [-0.2, 0) is 0 Å². The zero-order valence-electron chi connectivity index (χ0n) is 10.9. The van der Waals surface area contributed by atoms with Crippen molar-refractivity contribution in [3.8, 4) is 0 Å². The molecule has 1 N–H and O–H groups in total. The van der Waals surface area contributed by atoms with Crippen molar-refractivity contribution in [1.29, 1.82) is 0 Å². The number of fused-ring (bicyclic) bond motifs is 3. The zero-order chi connectivity index (χ0) is 12.8. The summed E-state index contributed by atoms with van der Waals surface area (Å²) in [5.41, 5.74) is 0.696. The van der Waals surface area contributed by atoms with Gasteiger partial charge >= 0.3 is 0 Å². The second kappa shape index (κ2) is 4.12. The Bertz CT molecular complexity index is 583. The van der Waals surface area contributed by atoms with Crippen molar-refractivity contribution >= 4 is 11.5 Å². The van der Waals surface area contributed by atoms with Crippen LogP contribution in [0.15, 0.2) is 12.4 Å². The van der Waals surface area contributed by atoms with E-state index < -0.39 is 0 Å². The predicted octanol–water partition coefficient (Wildman–Crippen LogP) is 0.238. The van der Waals surface area contributed by atoms with Crippen LogP contribution in [0.5, 0.6) is 0 Å². The molecule has 2 fully saturated rings. The Morgan fingerprint density at radius 1 is 1.26 bits per heavy atom. The molecule has 2 aliphatic rings. The van der Waals surface area contributed by atoms with Gasteiger partial charge in [0.2, 0.25) is 0 Å². The van der Waals surface area contributed by atoms with Gasteiger partial charge in [0, 0.05) is 25.2 Å². The molecule has 4 heterocycles. The second-order valence-corrected chi connectivity index (χ2v) is 5.59. The van der Waals surface area contributed by atoms with E-state index in [0.717, 1.165) is 5.82 Å². The first-order chi connectivity index (χ1) is 9.31. The Kier molecular flexibility index (Phi) is 2.41. The van der Waals surface area contributed by atoms with Crippen molar-refractivity contribution in [2.75, 3.05) is 11.9 Å². The molecule has 0 radical (unpaired) electrons. The van der Waals surface area contributed by atoms with E-state index in [0.29, 0.717) is 23.8 Å². The van der Waals surface area contributed by atoms with Crippen molar-refractivity contribution in [1.82, 2.24) is 30.3 Å². The van der Waals surface area contributed by atoms with Gasteiger partial charge in [-0.1, -0.05) is 0 Å². The van der Waals surface area contributed by atoms with Crippen molar-refractivity contribution in [2.24, 2.45) is 0 Å². The van der Waals surface area contributed by atoms with Gasteiger partial charge in [-0.25, -0.2) is 0 Å². The highest BCUT2D eigenvalue weighted by Crippen LogP contribution is 2.31. The molecule has 0 amide bonds. The molecule has 2 saturated heterocycles. The van der Waals surface area contributed by atoms with Gasteiger partial charge in [-0.2, -0.15) is 4.52 Å². The molecular formula is C12H17N7. The van der Waals surface area contributed by atoms with Gasteiger partial charge in [-0.05, 0) is 36.1 Å². The number of aromatic nitrogens is 5. The molecule has 0 aliphatic carbocycles. The van der Waals surface area contributed by atoms with Crippen LogP contribution < -0.4 is 10.2 Å². The molecule has 100 valence electrons. The van der Waals surface area contributed by atoms with Gasteiger partial charge in [-0.3, -0.25) is 4.98 Å². The van der Waals surface area contributed by atoms with Crippen LogP contribution >= 0.6 is 0 Å². The average molecular weight is 259 g/mol. The van der Waals surface area contributed by atoms with E-state index in [1.807, 2.05) is 6.20 Å². The maximum atomic E-state index is 4.23. The Morgan fingerprint density at radius 3 is 2.84 bits per heavy atom. The molecule has 7 heteroatoms. The first kappa shape index (κ1) is 11.1. The van der Waals surface area contributed by atoms with Gasteiger partial charge in [0.15, 0.2) is 11.5 Å². The third kappa shape index (κ3) is 1.76. The number of hydrogen-bond acceptors (Lipinski definition) is 6. The molecule has 7 nitrogen and oxygen atoms in total. The number of tetrazole rings is 1. The van der Waals surface area contributed by atoms with E-state index in [9.17, 15) is 0 Å². The summed E-state index contributed by atoms with van der Waals surface area (Å²) in [5, 5.41) is 15.4. The summed E-state index contributed by atoms with van der Waals surface area (Å²) >= 11 is 0. The first-order valence-electron chi connectivity index (χ1n) is 6.82. The molecule has 2 bridgehead atoms. The highest BCUT2D eigenvalue weighted by molar-refractivity contribution is 5.46. The third-order valence-corrected chi connectivity index (χ3v) is 4.45. The van der Waals surface area contributed by atoms with Crippen LogP contribution in [0.2, 0.25) is 0 Å². The molecule has 19 heavy (non-hydrogen) atoms. The van der Waals surface area contributed by atoms with Gasteiger partial charge in [0.05, 0.1) is 12.4 Å². The predicted molar refractivity (Wildman–Crippen MR) is 69.9 cm³/mol. The molecule has 0 aromatic carbocycles. The van der Waals surface area contributed by atoms with Crippen LogP contribution in [0.3, 0.4) is 0 Å². The molecule has 2 unspecified atom stereocenters. The average Bonchev–Trinajstić information content (AvgIpc) is 3.04. The highest BCUT2D eigenvalue weighted by Gasteiger charge is 2.35. The van der Waals surface area contributed by atoms with Gasteiger partial charge < -0.3 is 10.2 Å². The van der Waals surface area contributed by atoms with Crippen molar-refractivity contribution < 1.29 is 0 Å². The third-order valence-electron chi connectivity index (χ3n) is 4.45. The van der Waals surface area contributed by atoms with Gasteiger partial charge in [0.25, 0.3) is 0 Å². The topological polar surface area (TPSA) is 71.2 Å². The summed E-state index contributed by atoms with van der Waals surface area (Å²) in [6.45, 7) is 0. The largest absolute Gasteiger partial charge is 0.355 e. The van der Waals surface area contributed by atoms with Crippen molar-refractivity contribution in [3.63, 3.8) is 0 Å². The fourth-order valence-electron chi connectivity index (χ4n) is 3.43. The molecular weight excluding hydrogens is 242 g/mol. The van der Waals surface area contributed by atoms with Crippen molar-refractivity contribution in [2.45, 2.75) is 43.8 Å². The monoisotopic (exact) mass is 259 g/mol. The molecule has 2 aliphatic heterocycles. The maximum absolute atomic E-state index is 4.23. The summed E-state index contributed by atoms with van der Waals surface area (Å²) in [7, 11) is 2.12. The quantitative estimate of drug-likeness (QED) is 0.833.